The summed E-state index contributed by atoms with van der Waals surface area (Å²) in [6.07, 6.45) is 1.14. The fourth-order valence-corrected chi connectivity index (χ4v) is 1.32. The molecule has 1 rings (SSSR count). The quantitative estimate of drug-likeness (QED) is 0.746. The van der Waals surface area contributed by atoms with E-state index < -0.39 is 0 Å². The minimum Gasteiger partial charge on any atom is -0.348 e. The van der Waals surface area contributed by atoms with Gasteiger partial charge in [0.15, 0.2) is 0 Å². The van der Waals surface area contributed by atoms with Crippen LogP contribution >= 0.6 is 11.5 Å². The lowest BCUT2D eigenvalue weighted by molar-refractivity contribution is 0.381. The maximum atomic E-state index is 3.90. The standard InChI is InChI=1S/C8H16N4S/c1-8(2,3)5-6-12(4)7-9-10-11-13-7/h5-6H2,1-4H3. The van der Waals surface area contributed by atoms with Crippen molar-refractivity contribution in [1.82, 2.24) is 14.8 Å². The number of hydrogen-bond acceptors (Lipinski definition) is 5. The van der Waals surface area contributed by atoms with Crippen molar-refractivity contribution in [2.45, 2.75) is 27.2 Å². The van der Waals surface area contributed by atoms with Gasteiger partial charge in [0.1, 0.15) is 0 Å². The first kappa shape index (κ1) is 10.4. The van der Waals surface area contributed by atoms with Crippen LogP contribution in [0, 0.1) is 5.41 Å². The molecule has 0 aromatic carbocycles. The number of nitrogens with zero attached hydrogens (tertiary/aromatic N) is 4. The molecule has 0 amide bonds. The van der Waals surface area contributed by atoms with Gasteiger partial charge in [0.05, 0.1) is 0 Å². The van der Waals surface area contributed by atoms with E-state index >= 15 is 0 Å². The van der Waals surface area contributed by atoms with Crippen molar-refractivity contribution in [2.24, 2.45) is 5.41 Å². The van der Waals surface area contributed by atoms with Gasteiger partial charge in [0.2, 0.25) is 5.13 Å². The molecule has 5 heteroatoms. The molecule has 13 heavy (non-hydrogen) atoms. The topological polar surface area (TPSA) is 41.9 Å². The van der Waals surface area contributed by atoms with E-state index in [0.29, 0.717) is 5.41 Å². The van der Waals surface area contributed by atoms with E-state index in [9.17, 15) is 0 Å². The van der Waals surface area contributed by atoms with Gasteiger partial charge < -0.3 is 4.90 Å². The second-order valence-corrected chi connectivity index (χ2v) is 5.09. The Labute approximate surface area is 83.1 Å². The number of rotatable bonds is 3. The normalized spacial score (nSPS) is 11.7. The molecule has 0 N–H and O–H groups in total. The summed E-state index contributed by atoms with van der Waals surface area (Å²) in [5.74, 6) is 0. The zero-order valence-electron chi connectivity index (χ0n) is 8.61. The fourth-order valence-electron chi connectivity index (χ4n) is 0.874. The van der Waals surface area contributed by atoms with Crippen molar-refractivity contribution in [3.05, 3.63) is 0 Å². The smallest absolute Gasteiger partial charge is 0.227 e. The zero-order chi connectivity index (χ0) is 9.90. The highest BCUT2D eigenvalue weighted by Crippen LogP contribution is 2.20. The molecule has 0 spiro atoms. The lowest BCUT2D eigenvalue weighted by Crippen LogP contribution is -2.22. The summed E-state index contributed by atoms with van der Waals surface area (Å²) in [6.45, 7) is 7.71. The largest absolute Gasteiger partial charge is 0.348 e. The Balaban J connectivity index is 2.39. The molecule has 74 valence electrons. The molecule has 0 aliphatic heterocycles. The van der Waals surface area contributed by atoms with Crippen LogP contribution in [0.15, 0.2) is 0 Å². The summed E-state index contributed by atoms with van der Waals surface area (Å²) in [5, 5.41) is 8.36. The van der Waals surface area contributed by atoms with Gasteiger partial charge >= 0.3 is 0 Å². The van der Waals surface area contributed by atoms with E-state index in [1.54, 1.807) is 0 Å². The third-order valence-corrected chi connectivity index (χ3v) is 2.52. The number of aromatic nitrogens is 3. The van der Waals surface area contributed by atoms with Crippen LogP contribution in [0.4, 0.5) is 5.13 Å². The Morgan fingerprint density at radius 1 is 1.38 bits per heavy atom. The van der Waals surface area contributed by atoms with E-state index in [1.807, 2.05) is 7.05 Å². The summed E-state index contributed by atoms with van der Waals surface area (Å²) in [4.78, 5) is 2.09. The molecule has 0 bridgehead atoms. The van der Waals surface area contributed by atoms with Gasteiger partial charge in [-0.15, -0.1) is 0 Å². The van der Waals surface area contributed by atoms with Gasteiger partial charge in [0.25, 0.3) is 0 Å². The fraction of sp³-hybridized carbons (Fsp3) is 0.875. The van der Waals surface area contributed by atoms with Gasteiger partial charge in [-0.25, -0.2) is 0 Å². The average molecular weight is 200 g/mol. The molecular formula is C8H16N4S. The Bertz CT molecular complexity index is 239. The van der Waals surface area contributed by atoms with Crippen LogP contribution in [0.3, 0.4) is 0 Å². The molecule has 1 aromatic rings. The molecule has 0 saturated heterocycles. The Morgan fingerprint density at radius 3 is 2.54 bits per heavy atom. The van der Waals surface area contributed by atoms with Crippen molar-refractivity contribution in [2.75, 3.05) is 18.5 Å². The van der Waals surface area contributed by atoms with E-state index in [2.05, 4.69) is 40.5 Å². The lowest BCUT2D eigenvalue weighted by Gasteiger charge is -2.22. The highest BCUT2D eigenvalue weighted by atomic mass is 32.1. The van der Waals surface area contributed by atoms with Gasteiger partial charge in [-0.2, -0.15) is 0 Å². The number of anilines is 1. The minimum atomic E-state index is 0.367. The molecule has 0 unspecified atom stereocenters. The predicted molar refractivity (Wildman–Crippen MR) is 55.0 cm³/mol. The van der Waals surface area contributed by atoms with E-state index in [4.69, 9.17) is 0 Å². The summed E-state index contributed by atoms with van der Waals surface area (Å²) in [7, 11) is 2.02. The first-order valence-electron chi connectivity index (χ1n) is 4.35. The maximum absolute atomic E-state index is 3.90. The first-order valence-corrected chi connectivity index (χ1v) is 5.12. The zero-order valence-corrected chi connectivity index (χ0v) is 9.43. The summed E-state index contributed by atoms with van der Waals surface area (Å²) in [5.41, 5.74) is 0.367. The monoisotopic (exact) mass is 200 g/mol. The van der Waals surface area contributed by atoms with Crippen molar-refractivity contribution >= 4 is 16.7 Å². The van der Waals surface area contributed by atoms with Crippen LogP contribution in [0.5, 0.6) is 0 Å². The van der Waals surface area contributed by atoms with Crippen LogP contribution in [0.25, 0.3) is 0 Å². The van der Waals surface area contributed by atoms with Crippen molar-refractivity contribution in [1.29, 1.82) is 0 Å². The third kappa shape index (κ3) is 3.67. The second-order valence-electron chi connectivity index (χ2n) is 4.38. The van der Waals surface area contributed by atoms with Crippen molar-refractivity contribution < 1.29 is 0 Å². The molecule has 0 aliphatic rings. The maximum Gasteiger partial charge on any atom is 0.227 e. The van der Waals surface area contributed by atoms with Gasteiger partial charge in [-0.3, -0.25) is 0 Å². The minimum absolute atomic E-state index is 0.367. The highest BCUT2D eigenvalue weighted by molar-refractivity contribution is 7.09. The summed E-state index contributed by atoms with van der Waals surface area (Å²) in [6, 6.07) is 0. The Morgan fingerprint density at radius 2 is 2.08 bits per heavy atom. The lowest BCUT2D eigenvalue weighted by atomic mass is 9.92. The SMILES string of the molecule is CN(CCC(C)(C)C)c1nnns1. The van der Waals surface area contributed by atoms with Crippen molar-refractivity contribution in [3.63, 3.8) is 0 Å². The second kappa shape index (κ2) is 4.00. The molecule has 1 aromatic heterocycles. The van der Waals surface area contributed by atoms with Crippen LogP contribution in [0.2, 0.25) is 0 Å². The van der Waals surface area contributed by atoms with Crippen LogP contribution in [-0.2, 0) is 0 Å². The molecule has 0 radical (unpaired) electrons. The highest BCUT2D eigenvalue weighted by Gasteiger charge is 2.12. The van der Waals surface area contributed by atoms with Crippen LogP contribution < -0.4 is 4.90 Å². The summed E-state index contributed by atoms with van der Waals surface area (Å²) < 4.78 is 3.73. The van der Waals surface area contributed by atoms with Gasteiger partial charge in [0, 0.05) is 25.1 Å². The Kier molecular flexibility index (Phi) is 3.19. The average Bonchev–Trinajstić information content (AvgIpc) is 2.50. The molecule has 0 fully saturated rings. The summed E-state index contributed by atoms with van der Waals surface area (Å²) >= 11 is 1.34. The molecule has 0 atom stereocenters. The van der Waals surface area contributed by atoms with E-state index in [0.717, 1.165) is 18.1 Å². The molecular weight excluding hydrogens is 184 g/mol. The number of hydrogen-bond donors (Lipinski definition) is 0. The first-order chi connectivity index (χ1) is 5.99. The van der Waals surface area contributed by atoms with Gasteiger partial charge in [-0.1, -0.05) is 30.4 Å². The van der Waals surface area contributed by atoms with Gasteiger partial charge in [-0.05, 0) is 17.0 Å². The predicted octanol–water partition coefficient (Wildman–Crippen LogP) is 1.81. The van der Waals surface area contributed by atoms with Crippen molar-refractivity contribution in [3.8, 4) is 0 Å². The molecule has 0 saturated carbocycles. The molecule has 1 heterocycles. The van der Waals surface area contributed by atoms with Crippen LogP contribution in [-0.4, -0.2) is 28.4 Å². The van der Waals surface area contributed by atoms with E-state index in [1.165, 1.54) is 11.5 Å². The Hall–Kier alpha value is -0.710. The van der Waals surface area contributed by atoms with Crippen LogP contribution in [0.1, 0.15) is 27.2 Å². The van der Waals surface area contributed by atoms with E-state index in [-0.39, 0.29) is 0 Å². The molecule has 0 aliphatic carbocycles. The third-order valence-electron chi connectivity index (χ3n) is 1.81. The molecule has 4 nitrogen and oxygen atoms in total.